The Hall–Kier alpha value is -4.37. The topological polar surface area (TPSA) is 77.1 Å². The lowest BCUT2D eigenvalue weighted by atomic mass is 9.59. The van der Waals surface area contributed by atoms with Gasteiger partial charge in [0, 0.05) is 0 Å². The van der Waals surface area contributed by atoms with Crippen LogP contribution in [0.4, 0.5) is 0 Å². The van der Waals surface area contributed by atoms with Crippen LogP contribution in [0.25, 0.3) is 5.69 Å². The highest BCUT2D eigenvalue weighted by molar-refractivity contribution is 5.85. The molecular weight excluding hydrogens is 450 g/mol. The molecule has 3 aromatic carbocycles. The molecule has 2 atom stereocenters. The lowest BCUT2D eigenvalue weighted by Crippen LogP contribution is -2.54. The van der Waals surface area contributed by atoms with Gasteiger partial charge in [-0.2, -0.15) is 10.4 Å². The van der Waals surface area contributed by atoms with E-state index >= 15 is 0 Å². The average molecular weight is 478 g/mol. The fourth-order valence-electron chi connectivity index (χ4n) is 5.25. The first-order chi connectivity index (χ1) is 17.5. The fourth-order valence-corrected chi connectivity index (χ4v) is 5.25. The molecule has 180 valence electrons. The zero-order valence-electron chi connectivity index (χ0n) is 20.5. The van der Waals surface area contributed by atoms with Gasteiger partial charge in [0.15, 0.2) is 0 Å². The summed E-state index contributed by atoms with van der Waals surface area (Å²) in [5, 5.41) is 15.3. The van der Waals surface area contributed by atoms with Gasteiger partial charge < -0.3 is 9.47 Å². The summed E-state index contributed by atoms with van der Waals surface area (Å²) < 4.78 is 14.1. The molecule has 0 saturated heterocycles. The van der Waals surface area contributed by atoms with Gasteiger partial charge >= 0.3 is 5.97 Å². The number of para-hydroxylation sites is 1. The molecule has 6 heteroatoms. The molecule has 2 unspecified atom stereocenters. The van der Waals surface area contributed by atoms with Crippen LogP contribution in [-0.2, 0) is 14.9 Å². The Kier molecular flexibility index (Phi) is 6.07. The number of rotatable bonds is 5. The molecule has 5 rings (SSSR count). The Morgan fingerprint density at radius 3 is 2.00 bits per heavy atom. The summed E-state index contributed by atoms with van der Waals surface area (Å²) in [6, 6.07) is 31.2. The molecule has 4 aromatic rings. The number of benzene rings is 3. The highest BCUT2D eigenvalue weighted by atomic mass is 16.5. The van der Waals surface area contributed by atoms with Crippen molar-refractivity contribution in [1.82, 2.24) is 9.78 Å². The van der Waals surface area contributed by atoms with Crippen LogP contribution in [0.3, 0.4) is 0 Å². The van der Waals surface area contributed by atoms with Gasteiger partial charge in [0.05, 0.1) is 28.5 Å². The van der Waals surface area contributed by atoms with Crippen LogP contribution in [0.2, 0.25) is 0 Å². The molecular formula is C30H27N3O3. The van der Waals surface area contributed by atoms with E-state index in [0.29, 0.717) is 17.1 Å². The van der Waals surface area contributed by atoms with Crippen LogP contribution in [0.1, 0.15) is 42.1 Å². The summed E-state index contributed by atoms with van der Waals surface area (Å²) in [5.74, 6) is -0.896. The van der Waals surface area contributed by atoms with Crippen molar-refractivity contribution in [3.8, 4) is 17.6 Å². The van der Waals surface area contributed by atoms with Crippen molar-refractivity contribution in [2.75, 3.05) is 0 Å². The van der Waals surface area contributed by atoms with Crippen LogP contribution < -0.4 is 4.74 Å². The number of nitriles is 1. The highest BCUT2D eigenvalue weighted by Crippen LogP contribution is 2.55. The second-order valence-corrected chi connectivity index (χ2v) is 9.20. The van der Waals surface area contributed by atoms with Gasteiger partial charge in [0.25, 0.3) is 0 Å². The first-order valence-electron chi connectivity index (χ1n) is 12.0. The van der Waals surface area contributed by atoms with E-state index in [0.717, 1.165) is 16.8 Å². The summed E-state index contributed by atoms with van der Waals surface area (Å²) in [6.07, 6.45) is -1.36. The minimum Gasteiger partial charge on any atom is -0.462 e. The predicted octanol–water partition coefficient (Wildman–Crippen LogP) is 5.49. The number of hydrogen-bond donors (Lipinski definition) is 0. The summed E-state index contributed by atoms with van der Waals surface area (Å²) in [6.45, 7) is 5.52. The third-order valence-electron chi connectivity index (χ3n) is 6.66. The maximum Gasteiger partial charge on any atom is 0.315 e. The number of carbonyl (C=O) groups excluding carboxylic acids is 1. The molecule has 0 amide bonds. The van der Waals surface area contributed by atoms with Crippen molar-refractivity contribution in [2.24, 2.45) is 0 Å². The first-order valence-corrected chi connectivity index (χ1v) is 12.0. The molecule has 0 radical (unpaired) electrons. The fraction of sp³-hybridized carbons (Fsp3) is 0.233. The van der Waals surface area contributed by atoms with Crippen LogP contribution in [0.15, 0.2) is 91.0 Å². The average Bonchev–Trinajstić information content (AvgIpc) is 3.24. The standard InChI is InChI=1S/C30H27N3O3/c1-20(2)35-29(34)27-26-21(3)32-33(24-17-11-6-12-18-24)28(26)36-25(19-31)30(27,22-13-7-4-8-14-22)23-15-9-5-10-16-23/h4-18,20,25,27H,1-3H3. The van der Waals surface area contributed by atoms with Crippen LogP contribution in [0.5, 0.6) is 5.88 Å². The minimum absolute atomic E-state index is 0.335. The van der Waals surface area contributed by atoms with E-state index in [9.17, 15) is 10.1 Å². The van der Waals surface area contributed by atoms with E-state index in [1.165, 1.54) is 0 Å². The van der Waals surface area contributed by atoms with E-state index in [4.69, 9.17) is 14.6 Å². The van der Waals surface area contributed by atoms with Gasteiger partial charge in [0.1, 0.15) is 12.0 Å². The molecule has 0 N–H and O–H groups in total. The monoisotopic (exact) mass is 477 g/mol. The van der Waals surface area contributed by atoms with Crippen LogP contribution in [0, 0.1) is 18.3 Å². The van der Waals surface area contributed by atoms with Crippen LogP contribution in [-0.4, -0.2) is 28.0 Å². The molecule has 0 fully saturated rings. The van der Waals surface area contributed by atoms with E-state index in [-0.39, 0.29) is 6.10 Å². The van der Waals surface area contributed by atoms with Gasteiger partial charge in [-0.1, -0.05) is 78.9 Å². The number of aromatic nitrogens is 2. The minimum atomic E-state index is -1.16. The maximum atomic E-state index is 14.1. The number of hydrogen-bond acceptors (Lipinski definition) is 5. The number of ether oxygens (including phenoxy) is 2. The molecule has 0 spiro atoms. The van der Waals surface area contributed by atoms with Crippen LogP contribution >= 0.6 is 0 Å². The maximum absolute atomic E-state index is 14.1. The molecule has 0 saturated carbocycles. The third kappa shape index (κ3) is 3.64. The molecule has 1 aliphatic rings. The molecule has 2 heterocycles. The number of fused-ring (bicyclic) bond motifs is 1. The highest BCUT2D eigenvalue weighted by Gasteiger charge is 2.60. The van der Waals surface area contributed by atoms with Gasteiger partial charge in [-0.25, -0.2) is 4.68 Å². The van der Waals surface area contributed by atoms with Gasteiger partial charge in [-0.15, -0.1) is 0 Å². The van der Waals surface area contributed by atoms with E-state index < -0.39 is 23.4 Å². The zero-order valence-corrected chi connectivity index (χ0v) is 20.5. The Balaban J connectivity index is 1.87. The first kappa shape index (κ1) is 23.4. The summed E-state index contributed by atoms with van der Waals surface area (Å²) in [4.78, 5) is 14.1. The largest absolute Gasteiger partial charge is 0.462 e. The van der Waals surface area contributed by atoms with Gasteiger partial charge in [0.2, 0.25) is 12.0 Å². The molecule has 6 nitrogen and oxygen atoms in total. The van der Waals surface area contributed by atoms with Crippen molar-refractivity contribution in [3.05, 3.63) is 113 Å². The Morgan fingerprint density at radius 1 is 0.972 bits per heavy atom. The normalized spacial score (nSPS) is 18.1. The number of nitrogens with zero attached hydrogens (tertiary/aromatic N) is 3. The van der Waals surface area contributed by atoms with Crippen molar-refractivity contribution < 1.29 is 14.3 Å². The number of esters is 1. The molecule has 36 heavy (non-hydrogen) atoms. The lowest BCUT2D eigenvalue weighted by molar-refractivity contribution is -0.152. The second kappa shape index (κ2) is 9.35. The Morgan fingerprint density at radius 2 is 1.50 bits per heavy atom. The second-order valence-electron chi connectivity index (χ2n) is 9.20. The molecule has 1 aliphatic heterocycles. The van der Waals surface area contributed by atoms with Crippen molar-refractivity contribution in [1.29, 1.82) is 5.26 Å². The molecule has 0 bridgehead atoms. The summed E-state index contributed by atoms with van der Waals surface area (Å²) >= 11 is 0. The van der Waals surface area contributed by atoms with E-state index in [1.54, 1.807) is 4.68 Å². The molecule has 1 aromatic heterocycles. The van der Waals surface area contributed by atoms with Gasteiger partial charge in [-0.05, 0) is 44.0 Å². The summed E-state index contributed by atoms with van der Waals surface area (Å²) in [7, 11) is 0. The number of carbonyl (C=O) groups is 1. The zero-order chi connectivity index (χ0) is 25.3. The van der Waals surface area contributed by atoms with Crippen molar-refractivity contribution in [2.45, 2.75) is 44.3 Å². The quantitative estimate of drug-likeness (QED) is 0.356. The summed E-state index contributed by atoms with van der Waals surface area (Å²) in [5.41, 5.74) is 2.49. The lowest BCUT2D eigenvalue weighted by Gasteiger charge is -2.46. The smallest absolute Gasteiger partial charge is 0.315 e. The van der Waals surface area contributed by atoms with E-state index in [2.05, 4.69) is 6.07 Å². The van der Waals surface area contributed by atoms with E-state index in [1.807, 2.05) is 112 Å². The molecule has 0 aliphatic carbocycles. The predicted molar refractivity (Wildman–Crippen MR) is 136 cm³/mol. The third-order valence-corrected chi connectivity index (χ3v) is 6.66. The van der Waals surface area contributed by atoms with Crippen molar-refractivity contribution in [3.63, 3.8) is 0 Å². The SMILES string of the molecule is Cc1nn(-c2ccccc2)c2c1C(C(=O)OC(C)C)C(c1ccccc1)(c1ccccc1)C(C#N)O2. The number of aryl methyl sites for hydroxylation is 1. The van der Waals surface area contributed by atoms with Crippen molar-refractivity contribution >= 4 is 5.97 Å². The Labute approximate surface area is 210 Å². The Bertz CT molecular complexity index is 1370. The van der Waals surface area contributed by atoms with Gasteiger partial charge in [-0.3, -0.25) is 4.79 Å².